The number of aromatic nitrogens is 3. The molecule has 1 aromatic carbocycles. The van der Waals surface area contributed by atoms with Crippen LogP contribution in [0.5, 0.6) is 0 Å². The SMILES string of the molecule is O=c1[nH]c(=O)n(-c2ccccc2)c(=O)n1CCS. The van der Waals surface area contributed by atoms with E-state index in [1.54, 1.807) is 30.3 Å². The Hall–Kier alpha value is -2.02. The third kappa shape index (κ3) is 2.17. The molecule has 0 saturated carbocycles. The average Bonchev–Trinajstić information content (AvgIpc) is 2.35. The molecule has 18 heavy (non-hydrogen) atoms. The average molecular weight is 265 g/mol. The summed E-state index contributed by atoms with van der Waals surface area (Å²) in [5, 5.41) is 0. The first-order chi connectivity index (χ1) is 8.65. The van der Waals surface area contributed by atoms with E-state index in [1.165, 1.54) is 0 Å². The summed E-state index contributed by atoms with van der Waals surface area (Å²) < 4.78 is 1.87. The highest BCUT2D eigenvalue weighted by Crippen LogP contribution is 1.99. The summed E-state index contributed by atoms with van der Waals surface area (Å²) in [6.07, 6.45) is 0. The minimum absolute atomic E-state index is 0.143. The Morgan fingerprint density at radius 3 is 2.33 bits per heavy atom. The summed E-state index contributed by atoms with van der Waals surface area (Å²) >= 11 is 3.97. The molecule has 7 heteroatoms. The van der Waals surface area contributed by atoms with Crippen LogP contribution in [0.15, 0.2) is 44.7 Å². The van der Waals surface area contributed by atoms with Gasteiger partial charge in [0, 0.05) is 12.3 Å². The summed E-state index contributed by atoms with van der Waals surface area (Å²) in [5.41, 5.74) is -1.71. The van der Waals surface area contributed by atoms with Gasteiger partial charge < -0.3 is 0 Å². The van der Waals surface area contributed by atoms with Crippen LogP contribution in [-0.2, 0) is 6.54 Å². The van der Waals surface area contributed by atoms with Crippen LogP contribution in [0.1, 0.15) is 0 Å². The van der Waals surface area contributed by atoms with E-state index in [0.29, 0.717) is 11.4 Å². The van der Waals surface area contributed by atoms with E-state index in [1.807, 2.05) is 0 Å². The Balaban J connectivity index is 2.77. The first-order valence-electron chi connectivity index (χ1n) is 5.27. The summed E-state index contributed by atoms with van der Waals surface area (Å²) in [7, 11) is 0. The fraction of sp³-hybridized carbons (Fsp3) is 0.182. The van der Waals surface area contributed by atoms with Crippen LogP contribution in [0.4, 0.5) is 0 Å². The van der Waals surface area contributed by atoms with Crippen LogP contribution in [0.3, 0.4) is 0 Å². The maximum absolute atomic E-state index is 12.1. The van der Waals surface area contributed by atoms with E-state index in [0.717, 1.165) is 9.13 Å². The molecule has 6 nitrogen and oxygen atoms in total. The number of benzene rings is 1. The molecule has 2 rings (SSSR count). The van der Waals surface area contributed by atoms with E-state index < -0.39 is 17.1 Å². The number of para-hydroxylation sites is 1. The van der Waals surface area contributed by atoms with Gasteiger partial charge in [-0.25, -0.2) is 23.5 Å². The van der Waals surface area contributed by atoms with Crippen LogP contribution in [0, 0.1) is 0 Å². The predicted molar refractivity (Wildman–Crippen MR) is 70.8 cm³/mol. The number of H-pyrrole nitrogens is 1. The molecular weight excluding hydrogens is 254 g/mol. The number of nitrogens with zero attached hydrogens (tertiary/aromatic N) is 2. The Labute approximate surface area is 107 Å². The zero-order valence-corrected chi connectivity index (χ0v) is 10.3. The molecular formula is C11H11N3O3S. The van der Waals surface area contributed by atoms with Crippen LogP contribution in [-0.4, -0.2) is 19.9 Å². The van der Waals surface area contributed by atoms with Crippen molar-refractivity contribution in [3.05, 3.63) is 61.8 Å². The van der Waals surface area contributed by atoms with Crippen molar-refractivity contribution in [3.8, 4) is 5.69 Å². The van der Waals surface area contributed by atoms with E-state index in [2.05, 4.69) is 17.6 Å². The van der Waals surface area contributed by atoms with Gasteiger partial charge in [-0.3, -0.25) is 4.98 Å². The van der Waals surface area contributed by atoms with E-state index in [9.17, 15) is 14.4 Å². The van der Waals surface area contributed by atoms with Gasteiger partial charge in [0.1, 0.15) is 0 Å². The Bertz CT molecular complexity index is 715. The number of rotatable bonds is 3. The second-order valence-corrected chi connectivity index (χ2v) is 4.01. The Morgan fingerprint density at radius 2 is 1.72 bits per heavy atom. The van der Waals surface area contributed by atoms with Crippen molar-refractivity contribution in [1.82, 2.24) is 14.1 Å². The van der Waals surface area contributed by atoms with Gasteiger partial charge in [0.25, 0.3) is 0 Å². The lowest BCUT2D eigenvalue weighted by Gasteiger charge is -2.07. The van der Waals surface area contributed by atoms with Crippen molar-refractivity contribution in [1.29, 1.82) is 0 Å². The molecule has 0 amide bonds. The van der Waals surface area contributed by atoms with Crippen LogP contribution in [0.2, 0.25) is 0 Å². The van der Waals surface area contributed by atoms with Crippen molar-refractivity contribution in [2.45, 2.75) is 6.54 Å². The molecule has 0 spiro atoms. The van der Waals surface area contributed by atoms with E-state index in [-0.39, 0.29) is 6.54 Å². The van der Waals surface area contributed by atoms with Crippen molar-refractivity contribution >= 4 is 12.6 Å². The molecule has 0 saturated heterocycles. The fourth-order valence-corrected chi connectivity index (χ4v) is 1.81. The molecule has 94 valence electrons. The number of hydrogen-bond donors (Lipinski definition) is 2. The molecule has 0 aliphatic carbocycles. The van der Waals surface area contributed by atoms with Gasteiger partial charge in [0.05, 0.1) is 5.69 Å². The number of aromatic amines is 1. The fourth-order valence-electron chi connectivity index (χ4n) is 1.61. The Kier molecular flexibility index (Phi) is 3.52. The van der Waals surface area contributed by atoms with Crippen molar-refractivity contribution in [2.24, 2.45) is 0 Å². The quantitative estimate of drug-likeness (QED) is 0.743. The zero-order valence-electron chi connectivity index (χ0n) is 9.37. The molecule has 0 radical (unpaired) electrons. The standard InChI is InChI=1S/C11H11N3O3S/c15-9-12-10(16)14(8-4-2-1-3-5-8)11(17)13(9)6-7-18/h1-5,18H,6-7H2,(H,12,15,16). The van der Waals surface area contributed by atoms with Gasteiger partial charge in [-0.2, -0.15) is 12.6 Å². The second kappa shape index (κ2) is 5.09. The van der Waals surface area contributed by atoms with E-state index in [4.69, 9.17) is 0 Å². The molecule has 2 aromatic rings. The first-order valence-corrected chi connectivity index (χ1v) is 5.91. The summed E-state index contributed by atoms with van der Waals surface area (Å²) in [6, 6.07) is 8.41. The number of hydrogen-bond acceptors (Lipinski definition) is 4. The number of thiol groups is 1. The molecule has 0 atom stereocenters. The highest BCUT2D eigenvalue weighted by atomic mass is 32.1. The maximum Gasteiger partial charge on any atom is 0.340 e. The molecule has 0 unspecified atom stereocenters. The van der Waals surface area contributed by atoms with Crippen LogP contribution in [0.25, 0.3) is 5.69 Å². The summed E-state index contributed by atoms with van der Waals surface area (Å²) in [5.74, 6) is 0.329. The van der Waals surface area contributed by atoms with Crippen molar-refractivity contribution < 1.29 is 0 Å². The topological polar surface area (TPSA) is 76.9 Å². The van der Waals surface area contributed by atoms with Crippen molar-refractivity contribution in [3.63, 3.8) is 0 Å². The largest absolute Gasteiger partial charge is 0.340 e. The molecule has 1 heterocycles. The molecule has 0 aliphatic rings. The van der Waals surface area contributed by atoms with E-state index >= 15 is 0 Å². The van der Waals surface area contributed by atoms with Gasteiger partial charge in [-0.1, -0.05) is 18.2 Å². The Morgan fingerprint density at radius 1 is 1.06 bits per heavy atom. The first kappa shape index (κ1) is 12.4. The molecule has 1 aromatic heterocycles. The monoisotopic (exact) mass is 265 g/mol. The van der Waals surface area contributed by atoms with Crippen LogP contribution >= 0.6 is 12.6 Å². The van der Waals surface area contributed by atoms with Gasteiger partial charge >= 0.3 is 17.1 Å². The highest BCUT2D eigenvalue weighted by molar-refractivity contribution is 7.80. The van der Waals surface area contributed by atoms with Gasteiger partial charge in [-0.05, 0) is 12.1 Å². The van der Waals surface area contributed by atoms with Crippen molar-refractivity contribution in [2.75, 3.05) is 5.75 Å². The third-order valence-electron chi connectivity index (χ3n) is 2.42. The van der Waals surface area contributed by atoms with Gasteiger partial charge in [-0.15, -0.1) is 0 Å². The molecule has 0 fully saturated rings. The normalized spacial score (nSPS) is 10.5. The maximum atomic E-state index is 12.1. The molecule has 0 aliphatic heterocycles. The van der Waals surface area contributed by atoms with Gasteiger partial charge in [0.15, 0.2) is 0 Å². The molecule has 0 bridgehead atoms. The summed E-state index contributed by atoms with van der Waals surface area (Å²) in [6.45, 7) is 0.143. The summed E-state index contributed by atoms with van der Waals surface area (Å²) in [4.78, 5) is 37.4. The lowest BCUT2D eigenvalue weighted by atomic mass is 10.3. The minimum atomic E-state index is -0.744. The minimum Gasteiger partial charge on any atom is -0.258 e. The van der Waals surface area contributed by atoms with Gasteiger partial charge in [0.2, 0.25) is 0 Å². The second-order valence-electron chi connectivity index (χ2n) is 3.56. The lowest BCUT2D eigenvalue weighted by molar-refractivity contribution is 0.604. The molecule has 1 N–H and O–H groups in total. The highest BCUT2D eigenvalue weighted by Gasteiger charge is 2.10. The smallest absolute Gasteiger partial charge is 0.258 e. The number of nitrogens with one attached hydrogen (secondary N) is 1. The predicted octanol–water partition coefficient (Wildman–Crippen LogP) is -0.383. The zero-order chi connectivity index (χ0) is 13.1. The lowest BCUT2D eigenvalue weighted by Crippen LogP contribution is -2.48. The third-order valence-corrected chi connectivity index (χ3v) is 2.62. The van der Waals surface area contributed by atoms with Crippen LogP contribution < -0.4 is 17.1 Å².